The second-order valence-electron chi connectivity index (χ2n) is 5.93. The van der Waals surface area contributed by atoms with Gasteiger partial charge in [0.25, 0.3) is 0 Å². The summed E-state index contributed by atoms with van der Waals surface area (Å²) in [5.41, 5.74) is 3.55. The van der Waals surface area contributed by atoms with E-state index in [9.17, 15) is 4.79 Å². The topological polar surface area (TPSA) is 88.3 Å². The van der Waals surface area contributed by atoms with Crippen LogP contribution < -0.4 is 20.1 Å². The number of carbonyl (C=O) groups is 1. The number of ether oxygens (including phenoxy) is 2. The molecular weight excluding hydrogens is 368 g/mol. The molecule has 27 heavy (non-hydrogen) atoms. The molecule has 0 saturated carbocycles. The molecule has 7 nitrogen and oxygen atoms in total. The van der Waals surface area contributed by atoms with Crippen LogP contribution in [0.1, 0.15) is 12.6 Å². The van der Waals surface area contributed by atoms with Crippen LogP contribution in [-0.4, -0.2) is 23.0 Å². The fraction of sp³-hybridized carbons (Fsp3) is 0.158. The quantitative estimate of drug-likeness (QED) is 0.610. The largest absolute Gasteiger partial charge is 0.454 e. The summed E-state index contributed by atoms with van der Waals surface area (Å²) in [6.45, 7) is 2.19. The van der Waals surface area contributed by atoms with Crippen LogP contribution in [0, 0.1) is 0 Å². The van der Waals surface area contributed by atoms with Crippen LogP contribution in [0.25, 0.3) is 11.3 Å². The number of urea groups is 1. The van der Waals surface area contributed by atoms with Crippen molar-refractivity contribution in [2.75, 3.05) is 17.4 Å². The van der Waals surface area contributed by atoms with E-state index >= 15 is 0 Å². The Balaban J connectivity index is 1.59. The summed E-state index contributed by atoms with van der Waals surface area (Å²) < 4.78 is 10.8. The minimum atomic E-state index is -0.365. The van der Waals surface area contributed by atoms with E-state index in [1.54, 1.807) is 24.3 Å². The molecule has 0 aliphatic carbocycles. The lowest BCUT2D eigenvalue weighted by Gasteiger charge is -2.10. The lowest BCUT2D eigenvalue weighted by molar-refractivity contribution is 0.174. The number of benzene rings is 2. The highest BCUT2D eigenvalue weighted by atomic mass is 35.5. The zero-order valence-electron chi connectivity index (χ0n) is 14.5. The first-order valence-electron chi connectivity index (χ1n) is 8.45. The summed E-state index contributed by atoms with van der Waals surface area (Å²) in [5.74, 6) is 1.35. The van der Waals surface area contributed by atoms with Gasteiger partial charge in [-0.1, -0.05) is 18.5 Å². The van der Waals surface area contributed by atoms with Gasteiger partial charge in [0.05, 0.1) is 11.4 Å². The number of rotatable bonds is 4. The third-order valence-electron chi connectivity index (χ3n) is 4.18. The van der Waals surface area contributed by atoms with E-state index in [2.05, 4.69) is 20.8 Å². The third kappa shape index (κ3) is 3.54. The molecule has 2 aromatic carbocycles. The van der Waals surface area contributed by atoms with E-state index in [1.807, 2.05) is 25.1 Å². The molecule has 0 saturated heterocycles. The number of H-pyrrole nitrogens is 1. The molecular formula is C19H17ClN4O3. The molecule has 0 spiro atoms. The number of halogens is 1. The number of anilines is 2. The Labute approximate surface area is 160 Å². The average Bonchev–Trinajstić information content (AvgIpc) is 3.29. The van der Waals surface area contributed by atoms with Gasteiger partial charge in [-0.3, -0.25) is 5.10 Å². The molecule has 8 heteroatoms. The molecule has 4 rings (SSSR count). The molecule has 0 unspecified atom stereocenters. The van der Waals surface area contributed by atoms with Gasteiger partial charge in [-0.25, -0.2) is 4.79 Å². The maximum atomic E-state index is 12.5. The zero-order chi connectivity index (χ0) is 18.8. The SMILES string of the molecule is CCc1[nH]nc(-c2ccc3c(c2)OCO3)c1NC(=O)Nc1ccc(Cl)cc1. The first kappa shape index (κ1) is 17.2. The number of hydrogen-bond acceptors (Lipinski definition) is 4. The Kier molecular flexibility index (Phi) is 4.60. The number of amides is 2. The Morgan fingerprint density at radius 3 is 2.70 bits per heavy atom. The molecule has 3 aromatic rings. The standard InChI is InChI=1S/C19H17ClN4O3/c1-2-14-18(22-19(25)21-13-6-4-12(20)5-7-13)17(24-23-14)11-3-8-15-16(9-11)27-10-26-15/h3-9H,2,10H2,1H3,(H,23,24)(H2,21,22,25). The summed E-state index contributed by atoms with van der Waals surface area (Å²) in [5, 5.41) is 13.6. The van der Waals surface area contributed by atoms with Crippen molar-refractivity contribution >= 4 is 29.0 Å². The molecule has 0 bridgehead atoms. The summed E-state index contributed by atoms with van der Waals surface area (Å²) >= 11 is 5.87. The minimum Gasteiger partial charge on any atom is -0.454 e. The van der Waals surface area contributed by atoms with Gasteiger partial charge in [0.15, 0.2) is 11.5 Å². The van der Waals surface area contributed by atoms with Crippen LogP contribution in [0.15, 0.2) is 42.5 Å². The van der Waals surface area contributed by atoms with Crippen LogP contribution in [0.3, 0.4) is 0 Å². The molecule has 2 heterocycles. The van der Waals surface area contributed by atoms with Crippen LogP contribution in [-0.2, 0) is 6.42 Å². The van der Waals surface area contributed by atoms with Crippen molar-refractivity contribution in [2.45, 2.75) is 13.3 Å². The minimum absolute atomic E-state index is 0.203. The van der Waals surface area contributed by atoms with Crippen molar-refractivity contribution in [1.82, 2.24) is 10.2 Å². The molecule has 138 valence electrons. The van der Waals surface area contributed by atoms with E-state index in [1.165, 1.54) is 0 Å². The summed E-state index contributed by atoms with van der Waals surface area (Å²) in [6, 6.07) is 12.1. The summed E-state index contributed by atoms with van der Waals surface area (Å²) in [6.07, 6.45) is 0.689. The van der Waals surface area contributed by atoms with Gasteiger partial charge in [0.2, 0.25) is 6.79 Å². The monoisotopic (exact) mass is 384 g/mol. The number of nitrogens with zero attached hydrogens (tertiary/aromatic N) is 1. The van der Waals surface area contributed by atoms with Crippen LogP contribution >= 0.6 is 11.6 Å². The van der Waals surface area contributed by atoms with E-state index in [-0.39, 0.29) is 12.8 Å². The van der Waals surface area contributed by atoms with E-state index in [0.29, 0.717) is 40.0 Å². The van der Waals surface area contributed by atoms with Crippen molar-refractivity contribution < 1.29 is 14.3 Å². The zero-order valence-corrected chi connectivity index (χ0v) is 15.3. The van der Waals surface area contributed by atoms with E-state index in [4.69, 9.17) is 21.1 Å². The number of aromatic nitrogens is 2. The lowest BCUT2D eigenvalue weighted by Crippen LogP contribution is -2.20. The number of hydrogen-bond donors (Lipinski definition) is 3. The highest BCUT2D eigenvalue weighted by Crippen LogP contribution is 2.38. The number of fused-ring (bicyclic) bond motifs is 1. The summed E-state index contributed by atoms with van der Waals surface area (Å²) in [4.78, 5) is 12.5. The van der Waals surface area contributed by atoms with Gasteiger partial charge in [-0.05, 0) is 48.9 Å². The molecule has 0 atom stereocenters. The third-order valence-corrected chi connectivity index (χ3v) is 4.43. The van der Waals surface area contributed by atoms with Crippen LogP contribution in [0.5, 0.6) is 11.5 Å². The van der Waals surface area contributed by atoms with E-state index < -0.39 is 0 Å². The van der Waals surface area contributed by atoms with Crippen LogP contribution in [0.4, 0.5) is 16.2 Å². The van der Waals surface area contributed by atoms with Gasteiger partial charge in [0, 0.05) is 16.3 Å². The smallest absolute Gasteiger partial charge is 0.323 e. The number of nitrogens with one attached hydrogen (secondary N) is 3. The Morgan fingerprint density at radius 1 is 1.15 bits per heavy atom. The first-order valence-corrected chi connectivity index (χ1v) is 8.82. The second kappa shape index (κ2) is 7.20. The highest BCUT2D eigenvalue weighted by molar-refractivity contribution is 6.30. The number of carbonyl (C=O) groups excluding carboxylic acids is 1. The Hall–Kier alpha value is -3.19. The fourth-order valence-electron chi connectivity index (χ4n) is 2.83. The number of aromatic amines is 1. The van der Waals surface area contributed by atoms with Crippen molar-refractivity contribution in [3.05, 3.63) is 53.2 Å². The second-order valence-corrected chi connectivity index (χ2v) is 6.37. The molecule has 3 N–H and O–H groups in total. The molecule has 2 amide bonds. The molecule has 0 radical (unpaired) electrons. The fourth-order valence-corrected chi connectivity index (χ4v) is 2.96. The highest BCUT2D eigenvalue weighted by Gasteiger charge is 2.20. The van der Waals surface area contributed by atoms with Crippen molar-refractivity contribution in [1.29, 1.82) is 0 Å². The summed E-state index contributed by atoms with van der Waals surface area (Å²) in [7, 11) is 0. The molecule has 0 fully saturated rings. The lowest BCUT2D eigenvalue weighted by atomic mass is 10.1. The number of aryl methyl sites for hydroxylation is 1. The van der Waals surface area contributed by atoms with Gasteiger partial charge < -0.3 is 20.1 Å². The first-order chi connectivity index (χ1) is 13.1. The average molecular weight is 385 g/mol. The Morgan fingerprint density at radius 2 is 1.93 bits per heavy atom. The van der Waals surface area contributed by atoms with Crippen LogP contribution in [0.2, 0.25) is 5.02 Å². The predicted molar refractivity (Wildman–Crippen MR) is 104 cm³/mol. The van der Waals surface area contributed by atoms with E-state index in [0.717, 1.165) is 11.3 Å². The molecule has 1 aliphatic rings. The maximum absolute atomic E-state index is 12.5. The molecule has 1 aliphatic heterocycles. The predicted octanol–water partition coefficient (Wildman–Crippen LogP) is 4.67. The van der Waals surface area contributed by atoms with Gasteiger partial charge >= 0.3 is 6.03 Å². The van der Waals surface area contributed by atoms with Crippen molar-refractivity contribution in [2.24, 2.45) is 0 Å². The van der Waals surface area contributed by atoms with Gasteiger partial charge in [-0.2, -0.15) is 5.10 Å². The van der Waals surface area contributed by atoms with Gasteiger partial charge in [-0.15, -0.1) is 0 Å². The normalized spacial score (nSPS) is 12.1. The van der Waals surface area contributed by atoms with Crippen molar-refractivity contribution in [3.8, 4) is 22.8 Å². The Bertz CT molecular complexity index is 985. The van der Waals surface area contributed by atoms with Gasteiger partial charge in [0.1, 0.15) is 5.69 Å². The maximum Gasteiger partial charge on any atom is 0.323 e. The molecule has 1 aromatic heterocycles. The van der Waals surface area contributed by atoms with Crippen molar-refractivity contribution in [3.63, 3.8) is 0 Å².